The zero-order valence-electron chi connectivity index (χ0n) is 23.8. The van der Waals surface area contributed by atoms with Crippen LogP contribution in [0.1, 0.15) is 0 Å². The Hall–Kier alpha value is -4.80. The molecule has 2 nitrogen and oxygen atoms in total. The number of hydrogen-bond donors (Lipinski definition) is 0. The molecule has 2 aromatic heterocycles. The highest BCUT2D eigenvalue weighted by molar-refractivity contribution is 7.25. The second-order valence-corrected chi connectivity index (χ2v) is 13.2. The van der Waals surface area contributed by atoms with Gasteiger partial charge in [0, 0.05) is 57.8 Å². The summed E-state index contributed by atoms with van der Waals surface area (Å²) in [5, 5.41) is 8.19. The standard InChI is InChI=1S/C40H23Cl2NOS/c41-25-19-24(20-26(42)21-25)29-9-5-11-31-30(29)10-6-12-36(31)43(27-15-17-38-34(22-27)32-7-1-3-13-37(32)44-38)28-16-18-40-35(23-28)33-8-2-4-14-39(33)45-40/h1-23H. The Labute approximate surface area is 273 Å². The van der Waals surface area contributed by atoms with Crippen molar-refractivity contribution in [2.24, 2.45) is 0 Å². The first-order valence-electron chi connectivity index (χ1n) is 14.7. The molecule has 0 aliphatic carbocycles. The van der Waals surface area contributed by atoms with Crippen LogP contribution < -0.4 is 4.90 Å². The maximum Gasteiger partial charge on any atom is 0.135 e. The quantitative estimate of drug-likeness (QED) is 0.191. The van der Waals surface area contributed by atoms with E-state index < -0.39 is 0 Å². The van der Waals surface area contributed by atoms with E-state index in [1.807, 2.05) is 35.6 Å². The number of nitrogens with zero attached hydrogens (tertiary/aromatic N) is 1. The maximum atomic E-state index is 6.45. The molecule has 0 aliphatic rings. The number of anilines is 3. The Morgan fingerprint density at radius 2 is 1.11 bits per heavy atom. The van der Waals surface area contributed by atoms with Gasteiger partial charge < -0.3 is 9.32 Å². The molecule has 214 valence electrons. The van der Waals surface area contributed by atoms with Crippen LogP contribution >= 0.6 is 34.5 Å². The molecule has 0 unspecified atom stereocenters. The lowest BCUT2D eigenvalue weighted by Gasteiger charge is -2.27. The van der Waals surface area contributed by atoms with Crippen LogP contribution in [-0.2, 0) is 0 Å². The van der Waals surface area contributed by atoms with Crippen LogP contribution in [0.3, 0.4) is 0 Å². The lowest BCUT2D eigenvalue weighted by molar-refractivity contribution is 0.669. The Bertz CT molecular complexity index is 2460. The lowest BCUT2D eigenvalue weighted by Crippen LogP contribution is -2.10. The highest BCUT2D eigenvalue weighted by Crippen LogP contribution is 2.45. The van der Waals surface area contributed by atoms with Gasteiger partial charge in [0.05, 0.1) is 5.69 Å². The van der Waals surface area contributed by atoms with Crippen LogP contribution in [-0.4, -0.2) is 0 Å². The molecule has 0 bridgehead atoms. The Morgan fingerprint density at radius 1 is 0.467 bits per heavy atom. The van der Waals surface area contributed by atoms with Gasteiger partial charge in [-0.2, -0.15) is 0 Å². The number of fused-ring (bicyclic) bond motifs is 7. The van der Waals surface area contributed by atoms with Gasteiger partial charge in [-0.25, -0.2) is 0 Å². The van der Waals surface area contributed by atoms with Crippen LogP contribution in [0.2, 0.25) is 10.0 Å². The summed E-state index contributed by atoms with van der Waals surface area (Å²) >= 11 is 14.7. The molecule has 0 amide bonds. The Morgan fingerprint density at radius 3 is 1.98 bits per heavy atom. The third-order valence-corrected chi connectivity index (χ3v) is 10.1. The smallest absolute Gasteiger partial charge is 0.135 e. The summed E-state index contributed by atoms with van der Waals surface area (Å²) in [6, 6.07) is 48.8. The summed E-state index contributed by atoms with van der Waals surface area (Å²) in [6.07, 6.45) is 0. The summed E-state index contributed by atoms with van der Waals surface area (Å²) < 4.78 is 8.77. The number of hydrogen-bond acceptors (Lipinski definition) is 3. The zero-order valence-corrected chi connectivity index (χ0v) is 26.1. The molecule has 0 saturated heterocycles. The minimum atomic E-state index is 0.615. The molecule has 0 fully saturated rings. The molecule has 9 rings (SSSR count). The van der Waals surface area contributed by atoms with Gasteiger partial charge in [-0.3, -0.25) is 0 Å². The van der Waals surface area contributed by atoms with Gasteiger partial charge in [-0.05, 0) is 89.3 Å². The molecule has 0 N–H and O–H groups in total. The van der Waals surface area contributed by atoms with Crippen molar-refractivity contribution in [2.45, 2.75) is 0 Å². The molecule has 7 aromatic carbocycles. The summed E-state index contributed by atoms with van der Waals surface area (Å²) in [6.45, 7) is 0. The molecular weight excluding hydrogens is 613 g/mol. The van der Waals surface area contributed by atoms with E-state index in [-0.39, 0.29) is 0 Å². The minimum absolute atomic E-state index is 0.615. The summed E-state index contributed by atoms with van der Waals surface area (Å²) in [5.41, 5.74) is 7.04. The summed E-state index contributed by atoms with van der Waals surface area (Å²) in [7, 11) is 0. The van der Waals surface area contributed by atoms with E-state index in [2.05, 4.69) is 114 Å². The van der Waals surface area contributed by atoms with Crippen LogP contribution in [0.4, 0.5) is 17.1 Å². The molecule has 0 aliphatic heterocycles. The number of para-hydroxylation sites is 1. The zero-order chi connectivity index (χ0) is 30.1. The Balaban J connectivity index is 1.33. The molecular formula is C40H23Cl2NOS. The molecule has 45 heavy (non-hydrogen) atoms. The topological polar surface area (TPSA) is 16.4 Å². The van der Waals surface area contributed by atoms with Gasteiger partial charge in [0.25, 0.3) is 0 Å². The molecule has 9 aromatic rings. The van der Waals surface area contributed by atoms with E-state index in [0.717, 1.165) is 60.9 Å². The highest BCUT2D eigenvalue weighted by Gasteiger charge is 2.20. The second kappa shape index (κ2) is 10.4. The Kier molecular flexibility index (Phi) is 6.14. The fraction of sp³-hybridized carbons (Fsp3) is 0. The first-order chi connectivity index (χ1) is 22.1. The van der Waals surface area contributed by atoms with E-state index in [1.54, 1.807) is 6.07 Å². The van der Waals surface area contributed by atoms with Crippen molar-refractivity contribution in [3.05, 3.63) is 150 Å². The third-order valence-electron chi connectivity index (χ3n) is 8.55. The van der Waals surface area contributed by atoms with Gasteiger partial charge in [-0.15, -0.1) is 11.3 Å². The predicted octanol–water partition coefficient (Wildman–Crippen LogP) is 13.6. The van der Waals surface area contributed by atoms with Crippen molar-refractivity contribution in [1.29, 1.82) is 0 Å². The number of furan rings is 1. The number of benzene rings is 7. The normalized spacial score (nSPS) is 11.8. The van der Waals surface area contributed by atoms with Gasteiger partial charge in [-0.1, -0.05) is 89.9 Å². The van der Waals surface area contributed by atoms with E-state index in [4.69, 9.17) is 27.6 Å². The minimum Gasteiger partial charge on any atom is -0.456 e. The second-order valence-electron chi connectivity index (χ2n) is 11.2. The van der Waals surface area contributed by atoms with Crippen molar-refractivity contribution < 1.29 is 4.42 Å². The highest BCUT2D eigenvalue weighted by atomic mass is 35.5. The van der Waals surface area contributed by atoms with Gasteiger partial charge in [0.15, 0.2) is 0 Å². The first kappa shape index (κ1) is 26.6. The molecule has 0 atom stereocenters. The van der Waals surface area contributed by atoms with Crippen molar-refractivity contribution in [3.8, 4) is 11.1 Å². The fourth-order valence-electron chi connectivity index (χ4n) is 6.58. The van der Waals surface area contributed by atoms with E-state index >= 15 is 0 Å². The molecule has 0 radical (unpaired) electrons. The molecule has 0 spiro atoms. The van der Waals surface area contributed by atoms with Crippen molar-refractivity contribution in [1.82, 2.24) is 0 Å². The number of halogens is 2. The SMILES string of the molecule is Clc1cc(Cl)cc(-c2cccc3c(N(c4ccc5oc6ccccc6c5c4)c4ccc5sc6ccccc6c5c4)cccc23)c1. The van der Waals surface area contributed by atoms with Crippen molar-refractivity contribution in [2.75, 3.05) is 4.90 Å². The predicted molar refractivity (Wildman–Crippen MR) is 194 cm³/mol. The molecule has 2 heterocycles. The van der Waals surface area contributed by atoms with Crippen molar-refractivity contribution >= 4 is 104 Å². The molecule has 0 saturated carbocycles. The van der Waals surface area contributed by atoms with Crippen LogP contribution in [0, 0.1) is 0 Å². The summed E-state index contributed by atoms with van der Waals surface area (Å²) in [5.74, 6) is 0. The van der Waals surface area contributed by atoms with Crippen LogP contribution in [0.5, 0.6) is 0 Å². The fourth-order valence-corrected chi connectivity index (χ4v) is 8.20. The van der Waals surface area contributed by atoms with Crippen LogP contribution in [0.25, 0.3) is 64.0 Å². The van der Waals surface area contributed by atoms with Gasteiger partial charge in [0.1, 0.15) is 11.2 Å². The number of thiophene rings is 1. The monoisotopic (exact) mass is 635 g/mol. The van der Waals surface area contributed by atoms with E-state index in [9.17, 15) is 0 Å². The summed E-state index contributed by atoms with van der Waals surface area (Å²) in [4.78, 5) is 2.37. The average Bonchev–Trinajstić information content (AvgIpc) is 3.62. The third kappa shape index (κ3) is 4.39. The van der Waals surface area contributed by atoms with Gasteiger partial charge in [0.2, 0.25) is 0 Å². The lowest BCUT2D eigenvalue weighted by atomic mass is 9.96. The van der Waals surface area contributed by atoms with Gasteiger partial charge >= 0.3 is 0 Å². The maximum absolute atomic E-state index is 6.45. The van der Waals surface area contributed by atoms with Crippen LogP contribution in [0.15, 0.2) is 144 Å². The van der Waals surface area contributed by atoms with Crippen molar-refractivity contribution in [3.63, 3.8) is 0 Å². The van der Waals surface area contributed by atoms with E-state index in [1.165, 1.54) is 20.2 Å². The molecule has 5 heteroatoms. The number of rotatable bonds is 4. The largest absolute Gasteiger partial charge is 0.456 e. The van der Waals surface area contributed by atoms with E-state index in [0.29, 0.717) is 10.0 Å². The first-order valence-corrected chi connectivity index (χ1v) is 16.3. The average molecular weight is 637 g/mol.